The van der Waals surface area contributed by atoms with Gasteiger partial charge in [-0.3, -0.25) is 0 Å². The van der Waals surface area contributed by atoms with Gasteiger partial charge in [-0.05, 0) is 31.4 Å². The molecule has 2 atom stereocenters. The monoisotopic (exact) mass is 252 g/mol. The maximum atomic E-state index is 11.2. The molecule has 2 aliphatic rings. The summed E-state index contributed by atoms with van der Waals surface area (Å²) in [5.41, 5.74) is 1.18. The summed E-state index contributed by atoms with van der Waals surface area (Å²) >= 11 is 5.98. The Labute approximate surface area is 104 Å². The second kappa shape index (κ2) is 3.91. The smallest absolute Gasteiger partial charge is 0.339 e. The minimum absolute atomic E-state index is 0.148. The Bertz CT molecular complexity index is 484. The molecule has 0 unspecified atom stereocenters. The van der Waals surface area contributed by atoms with Crippen LogP contribution in [0.5, 0.6) is 5.75 Å². The van der Waals surface area contributed by atoms with Crippen LogP contribution in [0.2, 0.25) is 5.02 Å². The lowest BCUT2D eigenvalue weighted by Gasteiger charge is -2.23. The van der Waals surface area contributed by atoms with Gasteiger partial charge in [0, 0.05) is 16.5 Å². The molecule has 1 heterocycles. The summed E-state index contributed by atoms with van der Waals surface area (Å²) in [6.07, 6.45) is 4.56. The first-order valence-corrected chi connectivity index (χ1v) is 6.28. The van der Waals surface area contributed by atoms with Crippen molar-refractivity contribution in [2.75, 3.05) is 0 Å². The molecule has 1 aromatic carbocycles. The fourth-order valence-corrected chi connectivity index (χ4v) is 3.15. The number of rotatable bonds is 1. The van der Waals surface area contributed by atoms with Crippen LogP contribution >= 0.6 is 11.6 Å². The van der Waals surface area contributed by atoms with E-state index < -0.39 is 5.97 Å². The minimum atomic E-state index is -0.970. The van der Waals surface area contributed by atoms with E-state index in [0.29, 0.717) is 16.7 Å². The molecule has 0 saturated heterocycles. The normalized spacial score (nSPS) is 25.9. The summed E-state index contributed by atoms with van der Waals surface area (Å²) < 4.78 is 5.82. The molecular weight excluding hydrogens is 240 g/mol. The summed E-state index contributed by atoms with van der Waals surface area (Å²) in [6, 6.07) is 3.33. The first-order chi connectivity index (χ1) is 8.16. The molecule has 3 rings (SSSR count). The quantitative estimate of drug-likeness (QED) is 0.833. The molecule has 4 heteroatoms. The maximum Gasteiger partial charge on any atom is 0.339 e. The van der Waals surface area contributed by atoms with E-state index in [-0.39, 0.29) is 11.7 Å². The van der Waals surface area contributed by atoms with Crippen LogP contribution in [0.4, 0.5) is 0 Å². The van der Waals surface area contributed by atoms with Gasteiger partial charge in [-0.2, -0.15) is 0 Å². The summed E-state index contributed by atoms with van der Waals surface area (Å²) in [4.78, 5) is 11.2. The van der Waals surface area contributed by atoms with E-state index in [9.17, 15) is 4.79 Å². The third-order valence-electron chi connectivity index (χ3n) is 3.68. The standard InChI is InChI=1S/C13H13ClO3/c14-7-5-9-8-3-1-2-4-11(8)17-12(9)10(6-7)13(15)16/h5-6,8,11H,1-4H2,(H,15,16)/t8-,11-/m0/s1. The first kappa shape index (κ1) is 10.9. The van der Waals surface area contributed by atoms with Crippen molar-refractivity contribution in [3.63, 3.8) is 0 Å². The van der Waals surface area contributed by atoms with E-state index in [1.165, 1.54) is 12.5 Å². The molecule has 1 aliphatic carbocycles. The van der Waals surface area contributed by atoms with Gasteiger partial charge in [0.15, 0.2) is 0 Å². The van der Waals surface area contributed by atoms with Crippen molar-refractivity contribution in [2.24, 2.45) is 0 Å². The maximum absolute atomic E-state index is 11.2. The number of halogens is 1. The lowest BCUT2D eigenvalue weighted by atomic mass is 9.83. The number of ether oxygens (including phenoxy) is 1. The van der Waals surface area contributed by atoms with Gasteiger partial charge in [0.1, 0.15) is 17.4 Å². The van der Waals surface area contributed by atoms with Crippen LogP contribution in [-0.2, 0) is 0 Å². The molecule has 0 radical (unpaired) electrons. The summed E-state index contributed by atoms with van der Waals surface area (Å²) in [5, 5.41) is 9.65. The Morgan fingerprint density at radius 1 is 1.35 bits per heavy atom. The van der Waals surface area contributed by atoms with Crippen molar-refractivity contribution in [3.8, 4) is 5.75 Å². The van der Waals surface area contributed by atoms with Gasteiger partial charge in [-0.1, -0.05) is 18.0 Å². The van der Waals surface area contributed by atoms with Crippen molar-refractivity contribution in [1.82, 2.24) is 0 Å². The van der Waals surface area contributed by atoms with E-state index in [0.717, 1.165) is 24.8 Å². The Kier molecular flexibility index (Phi) is 2.51. The molecule has 1 saturated carbocycles. The number of hydrogen-bond donors (Lipinski definition) is 1. The second-order valence-corrected chi connectivity index (χ2v) is 5.16. The van der Waals surface area contributed by atoms with Crippen molar-refractivity contribution in [2.45, 2.75) is 37.7 Å². The van der Waals surface area contributed by atoms with Gasteiger partial charge in [-0.25, -0.2) is 4.79 Å². The highest BCUT2D eigenvalue weighted by atomic mass is 35.5. The van der Waals surface area contributed by atoms with Gasteiger partial charge in [0.25, 0.3) is 0 Å². The molecule has 0 aromatic heterocycles. The Hall–Kier alpha value is -1.22. The number of fused-ring (bicyclic) bond motifs is 3. The average Bonchev–Trinajstić information content (AvgIpc) is 2.66. The van der Waals surface area contributed by atoms with E-state index >= 15 is 0 Å². The molecule has 0 spiro atoms. The van der Waals surface area contributed by atoms with Gasteiger partial charge in [0.2, 0.25) is 0 Å². The zero-order valence-corrected chi connectivity index (χ0v) is 10.0. The molecule has 3 nitrogen and oxygen atoms in total. The molecular formula is C13H13ClO3. The van der Waals surface area contributed by atoms with Crippen LogP contribution in [0.1, 0.15) is 47.5 Å². The van der Waals surface area contributed by atoms with Crippen LogP contribution in [0.3, 0.4) is 0 Å². The lowest BCUT2D eigenvalue weighted by molar-refractivity contribution is 0.0689. The summed E-state index contributed by atoms with van der Waals surface area (Å²) in [5.74, 6) is -0.100. The molecule has 1 fully saturated rings. The summed E-state index contributed by atoms with van der Waals surface area (Å²) in [7, 11) is 0. The summed E-state index contributed by atoms with van der Waals surface area (Å²) in [6.45, 7) is 0. The number of carbonyl (C=O) groups is 1. The first-order valence-electron chi connectivity index (χ1n) is 5.90. The molecule has 90 valence electrons. The average molecular weight is 253 g/mol. The molecule has 1 aliphatic heterocycles. The fraction of sp³-hybridized carbons (Fsp3) is 0.462. The van der Waals surface area contributed by atoms with E-state index in [4.69, 9.17) is 21.4 Å². The number of carboxylic acid groups (broad SMARTS) is 1. The predicted molar refractivity (Wildman–Crippen MR) is 64.0 cm³/mol. The Balaban J connectivity index is 2.11. The fourth-order valence-electron chi connectivity index (χ4n) is 2.93. The van der Waals surface area contributed by atoms with Gasteiger partial charge < -0.3 is 9.84 Å². The number of aromatic carboxylic acids is 1. The van der Waals surface area contributed by atoms with Crippen LogP contribution in [0.15, 0.2) is 12.1 Å². The number of carboxylic acids is 1. The highest BCUT2D eigenvalue weighted by Crippen LogP contribution is 2.48. The highest BCUT2D eigenvalue weighted by Gasteiger charge is 2.38. The van der Waals surface area contributed by atoms with Crippen molar-refractivity contribution < 1.29 is 14.6 Å². The zero-order valence-electron chi connectivity index (χ0n) is 9.28. The molecule has 0 bridgehead atoms. The topological polar surface area (TPSA) is 46.5 Å². The molecule has 0 amide bonds. The Morgan fingerprint density at radius 3 is 2.88 bits per heavy atom. The lowest BCUT2D eigenvalue weighted by Crippen LogP contribution is -2.22. The van der Waals surface area contributed by atoms with Crippen LogP contribution < -0.4 is 4.74 Å². The van der Waals surface area contributed by atoms with Crippen LogP contribution in [0.25, 0.3) is 0 Å². The SMILES string of the molecule is O=C(O)c1cc(Cl)cc2c1O[C@H]1CCCC[C@@H]21. The number of benzene rings is 1. The third kappa shape index (κ3) is 1.69. The van der Waals surface area contributed by atoms with Gasteiger partial charge in [0.05, 0.1) is 0 Å². The van der Waals surface area contributed by atoms with Crippen molar-refractivity contribution >= 4 is 17.6 Å². The third-order valence-corrected chi connectivity index (χ3v) is 3.90. The van der Waals surface area contributed by atoms with Crippen LogP contribution in [0, 0.1) is 0 Å². The van der Waals surface area contributed by atoms with E-state index in [1.807, 2.05) is 6.07 Å². The molecule has 1 N–H and O–H groups in total. The number of hydrogen-bond acceptors (Lipinski definition) is 2. The van der Waals surface area contributed by atoms with Crippen LogP contribution in [-0.4, -0.2) is 17.2 Å². The van der Waals surface area contributed by atoms with Gasteiger partial charge >= 0.3 is 5.97 Å². The minimum Gasteiger partial charge on any atom is -0.489 e. The van der Waals surface area contributed by atoms with Crippen molar-refractivity contribution in [1.29, 1.82) is 0 Å². The highest BCUT2D eigenvalue weighted by molar-refractivity contribution is 6.31. The van der Waals surface area contributed by atoms with E-state index in [1.54, 1.807) is 0 Å². The molecule has 1 aromatic rings. The van der Waals surface area contributed by atoms with E-state index in [2.05, 4.69) is 0 Å². The van der Waals surface area contributed by atoms with Gasteiger partial charge in [-0.15, -0.1) is 0 Å². The molecule has 17 heavy (non-hydrogen) atoms. The van der Waals surface area contributed by atoms with Crippen molar-refractivity contribution in [3.05, 3.63) is 28.3 Å². The Morgan fingerprint density at radius 2 is 2.12 bits per heavy atom. The second-order valence-electron chi connectivity index (χ2n) is 4.72. The zero-order chi connectivity index (χ0) is 12.0. The largest absolute Gasteiger partial charge is 0.489 e. The predicted octanol–water partition coefficient (Wildman–Crippen LogP) is 3.46.